The van der Waals surface area contributed by atoms with Crippen LogP contribution in [0.1, 0.15) is 11.1 Å². The number of anilines is 1. The summed E-state index contributed by atoms with van der Waals surface area (Å²) in [6.07, 6.45) is 0.809. The predicted octanol–water partition coefficient (Wildman–Crippen LogP) is 4.36. The molecule has 0 saturated heterocycles. The van der Waals surface area contributed by atoms with Gasteiger partial charge in [-0.2, -0.15) is 13.2 Å². The molecule has 30 heavy (non-hydrogen) atoms. The highest BCUT2D eigenvalue weighted by Crippen LogP contribution is 2.29. The largest absolute Gasteiger partial charge is 0.416 e. The highest BCUT2D eigenvalue weighted by molar-refractivity contribution is 7.91. The molecule has 0 fully saturated rings. The summed E-state index contributed by atoms with van der Waals surface area (Å²) < 4.78 is 66.8. The van der Waals surface area contributed by atoms with Crippen LogP contribution in [0.25, 0.3) is 17.0 Å². The monoisotopic (exact) mass is 432 g/mol. The SMILES string of the molecule is O=S(=O)(Cc1ccc(C(F)(F)F)cc1)Nc1ccc(-c2cn3cccnc3n2)cc1. The molecule has 0 aliphatic carbocycles. The van der Waals surface area contributed by atoms with E-state index in [4.69, 9.17) is 0 Å². The second-order valence-electron chi connectivity index (χ2n) is 6.59. The van der Waals surface area contributed by atoms with Crippen molar-refractivity contribution in [3.05, 3.63) is 84.3 Å². The molecular weight excluding hydrogens is 417 g/mol. The van der Waals surface area contributed by atoms with Crippen molar-refractivity contribution in [2.24, 2.45) is 0 Å². The van der Waals surface area contributed by atoms with E-state index < -0.39 is 27.5 Å². The Morgan fingerprint density at radius 1 is 1.00 bits per heavy atom. The number of rotatable bonds is 5. The van der Waals surface area contributed by atoms with E-state index >= 15 is 0 Å². The van der Waals surface area contributed by atoms with Crippen LogP contribution in [0.2, 0.25) is 0 Å². The molecule has 2 heterocycles. The number of hydrogen-bond acceptors (Lipinski definition) is 4. The second-order valence-corrected chi connectivity index (χ2v) is 8.31. The second kappa shape index (κ2) is 7.45. The maximum Gasteiger partial charge on any atom is 0.416 e. The van der Waals surface area contributed by atoms with Crippen LogP contribution in [0.15, 0.2) is 73.2 Å². The van der Waals surface area contributed by atoms with Gasteiger partial charge in [0, 0.05) is 29.8 Å². The summed E-state index contributed by atoms with van der Waals surface area (Å²) in [5.74, 6) is 0.110. The zero-order valence-electron chi connectivity index (χ0n) is 15.3. The Kier molecular flexibility index (Phi) is 4.94. The molecule has 154 valence electrons. The van der Waals surface area contributed by atoms with Gasteiger partial charge in [0.05, 0.1) is 17.0 Å². The highest BCUT2D eigenvalue weighted by Gasteiger charge is 2.30. The fourth-order valence-corrected chi connectivity index (χ4v) is 4.10. The molecule has 0 amide bonds. The smallest absolute Gasteiger partial charge is 0.291 e. The number of nitrogens with zero attached hydrogens (tertiary/aromatic N) is 3. The number of benzene rings is 2. The zero-order valence-corrected chi connectivity index (χ0v) is 16.2. The molecule has 1 N–H and O–H groups in total. The summed E-state index contributed by atoms with van der Waals surface area (Å²) in [5.41, 5.74) is 1.24. The lowest BCUT2D eigenvalue weighted by Gasteiger charge is -2.10. The van der Waals surface area contributed by atoms with Gasteiger partial charge in [-0.15, -0.1) is 0 Å². The van der Waals surface area contributed by atoms with Gasteiger partial charge in [0.1, 0.15) is 0 Å². The van der Waals surface area contributed by atoms with Crippen molar-refractivity contribution in [3.8, 4) is 11.3 Å². The van der Waals surface area contributed by atoms with E-state index in [-0.39, 0.29) is 5.56 Å². The Labute approximate surface area is 170 Å². The van der Waals surface area contributed by atoms with E-state index in [1.165, 1.54) is 0 Å². The highest BCUT2D eigenvalue weighted by atomic mass is 32.2. The third-order valence-electron chi connectivity index (χ3n) is 4.33. The van der Waals surface area contributed by atoms with Gasteiger partial charge >= 0.3 is 6.18 Å². The summed E-state index contributed by atoms with van der Waals surface area (Å²) >= 11 is 0. The van der Waals surface area contributed by atoms with Crippen LogP contribution < -0.4 is 4.72 Å². The fraction of sp³-hybridized carbons (Fsp3) is 0.100. The molecule has 0 unspecified atom stereocenters. The maximum absolute atomic E-state index is 12.6. The van der Waals surface area contributed by atoms with Crippen molar-refractivity contribution in [2.75, 3.05) is 4.72 Å². The average molecular weight is 432 g/mol. The molecule has 6 nitrogen and oxygen atoms in total. The molecule has 0 aliphatic rings. The van der Waals surface area contributed by atoms with Gasteiger partial charge < -0.3 is 0 Å². The molecule has 2 aromatic heterocycles. The van der Waals surface area contributed by atoms with E-state index in [2.05, 4.69) is 14.7 Å². The van der Waals surface area contributed by atoms with Crippen LogP contribution in [0, 0.1) is 0 Å². The third-order valence-corrected chi connectivity index (χ3v) is 5.59. The van der Waals surface area contributed by atoms with Crippen LogP contribution in [0.5, 0.6) is 0 Å². The number of aromatic nitrogens is 3. The van der Waals surface area contributed by atoms with Gasteiger partial charge in [0.25, 0.3) is 0 Å². The van der Waals surface area contributed by atoms with E-state index in [0.29, 0.717) is 17.2 Å². The molecule has 0 spiro atoms. The number of alkyl halides is 3. The molecule has 0 aliphatic heterocycles. The van der Waals surface area contributed by atoms with Gasteiger partial charge in [-0.05, 0) is 35.9 Å². The van der Waals surface area contributed by atoms with Crippen molar-refractivity contribution in [2.45, 2.75) is 11.9 Å². The fourth-order valence-electron chi connectivity index (χ4n) is 2.90. The maximum atomic E-state index is 12.6. The lowest BCUT2D eigenvalue weighted by Crippen LogP contribution is -2.15. The van der Waals surface area contributed by atoms with E-state index in [9.17, 15) is 21.6 Å². The Morgan fingerprint density at radius 2 is 1.70 bits per heavy atom. The van der Waals surface area contributed by atoms with Crippen LogP contribution in [-0.2, 0) is 22.0 Å². The summed E-state index contributed by atoms with van der Waals surface area (Å²) in [6, 6.07) is 12.5. The number of hydrogen-bond donors (Lipinski definition) is 1. The standard InChI is InChI=1S/C20H15F3N4O2S/c21-20(22,23)16-6-2-14(3-7-16)13-30(28,29)26-17-8-4-15(5-9-17)18-12-27-11-1-10-24-19(27)25-18/h1-12,26H,13H2. The average Bonchev–Trinajstić information content (AvgIpc) is 3.12. The van der Waals surface area contributed by atoms with Crippen LogP contribution >= 0.6 is 0 Å². The van der Waals surface area contributed by atoms with Crippen LogP contribution in [0.3, 0.4) is 0 Å². The van der Waals surface area contributed by atoms with Crippen molar-refractivity contribution in [1.82, 2.24) is 14.4 Å². The predicted molar refractivity (Wildman–Crippen MR) is 106 cm³/mol. The summed E-state index contributed by atoms with van der Waals surface area (Å²) in [5, 5.41) is 0. The Hall–Kier alpha value is -3.40. The number of imidazole rings is 1. The topological polar surface area (TPSA) is 76.4 Å². The van der Waals surface area contributed by atoms with Gasteiger partial charge in [-0.25, -0.2) is 18.4 Å². The first-order valence-corrected chi connectivity index (χ1v) is 10.4. The quantitative estimate of drug-likeness (QED) is 0.509. The molecule has 10 heteroatoms. The van der Waals surface area contributed by atoms with Crippen LogP contribution in [-0.4, -0.2) is 22.8 Å². The molecule has 0 bridgehead atoms. The first-order valence-electron chi connectivity index (χ1n) is 8.76. The van der Waals surface area contributed by atoms with Crippen molar-refractivity contribution in [3.63, 3.8) is 0 Å². The van der Waals surface area contributed by atoms with Crippen molar-refractivity contribution in [1.29, 1.82) is 0 Å². The molecular formula is C20H15F3N4O2S. The van der Waals surface area contributed by atoms with Crippen molar-refractivity contribution < 1.29 is 21.6 Å². The molecule has 4 aromatic rings. The first-order chi connectivity index (χ1) is 14.2. The van der Waals surface area contributed by atoms with Gasteiger partial charge in [0.2, 0.25) is 15.8 Å². The number of sulfonamides is 1. The Morgan fingerprint density at radius 3 is 2.33 bits per heavy atom. The molecule has 0 radical (unpaired) electrons. The zero-order chi connectivity index (χ0) is 21.4. The van der Waals surface area contributed by atoms with Gasteiger partial charge in [-0.1, -0.05) is 24.3 Å². The Balaban J connectivity index is 1.46. The van der Waals surface area contributed by atoms with Gasteiger partial charge in [0.15, 0.2) is 0 Å². The third kappa shape index (κ3) is 4.43. The number of halogens is 3. The van der Waals surface area contributed by atoms with Crippen molar-refractivity contribution >= 4 is 21.5 Å². The lowest BCUT2D eigenvalue weighted by atomic mass is 10.1. The van der Waals surface area contributed by atoms with E-state index in [0.717, 1.165) is 29.8 Å². The van der Waals surface area contributed by atoms with E-state index in [1.54, 1.807) is 40.9 Å². The van der Waals surface area contributed by atoms with Gasteiger partial charge in [-0.3, -0.25) is 9.12 Å². The van der Waals surface area contributed by atoms with Crippen LogP contribution in [0.4, 0.5) is 18.9 Å². The lowest BCUT2D eigenvalue weighted by molar-refractivity contribution is -0.137. The minimum Gasteiger partial charge on any atom is -0.291 e. The number of fused-ring (bicyclic) bond motifs is 1. The normalized spacial score (nSPS) is 12.2. The minimum absolute atomic E-state index is 0.254. The number of nitrogens with one attached hydrogen (secondary N) is 1. The molecule has 4 rings (SSSR count). The molecule has 2 aromatic carbocycles. The summed E-state index contributed by atoms with van der Waals surface area (Å²) in [6.45, 7) is 0. The summed E-state index contributed by atoms with van der Waals surface area (Å²) in [4.78, 5) is 8.55. The van der Waals surface area contributed by atoms with E-state index in [1.807, 2.05) is 12.4 Å². The first kappa shape index (κ1) is 19.9. The molecule has 0 saturated carbocycles. The minimum atomic E-state index is -4.46. The Bertz CT molecular complexity index is 1250. The summed E-state index contributed by atoms with van der Waals surface area (Å²) in [7, 11) is -3.79. The molecule has 0 atom stereocenters.